The highest BCUT2D eigenvalue weighted by atomic mass is 19.1. The van der Waals surface area contributed by atoms with Gasteiger partial charge in [-0.3, -0.25) is 9.59 Å². The fourth-order valence-electron chi connectivity index (χ4n) is 2.82. The Hall–Kier alpha value is -3.88. The molecule has 150 valence electrons. The summed E-state index contributed by atoms with van der Waals surface area (Å²) in [5.74, 6) is -4.83. The molecule has 2 heterocycles. The summed E-state index contributed by atoms with van der Waals surface area (Å²) in [5.41, 5.74) is 0.0106. The van der Waals surface area contributed by atoms with E-state index in [1.165, 1.54) is 24.3 Å². The van der Waals surface area contributed by atoms with E-state index in [0.717, 1.165) is 19.2 Å². The van der Waals surface area contributed by atoms with Crippen molar-refractivity contribution in [2.75, 3.05) is 13.7 Å². The SMILES string of the molecule is COC(=O)C(O)=C(c1ccc(F)cc1)c1ccc(C(=O)C2=C(O)C(=O)NCC2)o1. The first-order chi connectivity index (χ1) is 13.8. The molecule has 0 spiro atoms. The third kappa shape index (κ3) is 3.88. The summed E-state index contributed by atoms with van der Waals surface area (Å²) in [6, 6.07) is 7.47. The van der Waals surface area contributed by atoms with Crippen molar-refractivity contribution in [1.82, 2.24) is 5.32 Å². The second-order valence-electron chi connectivity index (χ2n) is 6.05. The molecule has 2 aromatic rings. The molecule has 0 unspecified atom stereocenters. The zero-order valence-electron chi connectivity index (χ0n) is 15.2. The van der Waals surface area contributed by atoms with Crippen LogP contribution in [0.5, 0.6) is 0 Å². The van der Waals surface area contributed by atoms with Gasteiger partial charge >= 0.3 is 5.97 Å². The molecule has 1 aliphatic heterocycles. The number of methoxy groups -OCH3 is 1. The minimum Gasteiger partial charge on any atom is -0.503 e. The van der Waals surface area contributed by atoms with Crippen LogP contribution in [-0.2, 0) is 14.3 Å². The number of ketones is 1. The first kappa shape index (κ1) is 19.9. The van der Waals surface area contributed by atoms with E-state index in [2.05, 4.69) is 10.1 Å². The summed E-state index contributed by atoms with van der Waals surface area (Å²) in [6.45, 7) is 0.182. The zero-order valence-corrected chi connectivity index (χ0v) is 15.2. The number of halogens is 1. The Bertz CT molecular complexity index is 1050. The number of Topliss-reactive ketones (excluding diaryl/α,β-unsaturated/α-hetero) is 1. The summed E-state index contributed by atoms with van der Waals surface area (Å²) < 4.78 is 23.3. The van der Waals surface area contributed by atoms with E-state index in [9.17, 15) is 29.0 Å². The molecule has 0 atom stereocenters. The number of nitrogens with one attached hydrogen (secondary N) is 1. The summed E-state index contributed by atoms with van der Waals surface area (Å²) in [7, 11) is 1.07. The topological polar surface area (TPSA) is 126 Å². The van der Waals surface area contributed by atoms with Gasteiger partial charge in [0.1, 0.15) is 11.6 Å². The predicted molar refractivity (Wildman–Crippen MR) is 97.4 cm³/mol. The number of hydrogen-bond acceptors (Lipinski definition) is 7. The summed E-state index contributed by atoms with van der Waals surface area (Å²) >= 11 is 0. The standard InChI is InChI=1S/C20H16FNO7/c1-28-20(27)18(25)15(10-2-4-11(21)5-3-10)13-6-7-14(29-13)16(23)12-8-9-22-19(26)17(12)24/h2-7,24-25H,8-9H2,1H3,(H,22,26). The van der Waals surface area contributed by atoms with Crippen LogP contribution in [0, 0.1) is 5.82 Å². The van der Waals surface area contributed by atoms with Gasteiger partial charge in [0, 0.05) is 6.54 Å². The highest BCUT2D eigenvalue weighted by Crippen LogP contribution is 2.30. The molecule has 0 saturated heterocycles. The van der Waals surface area contributed by atoms with Gasteiger partial charge in [-0.2, -0.15) is 0 Å². The van der Waals surface area contributed by atoms with Crippen LogP contribution in [0.4, 0.5) is 4.39 Å². The van der Waals surface area contributed by atoms with Gasteiger partial charge in [-0.1, -0.05) is 12.1 Å². The van der Waals surface area contributed by atoms with Gasteiger partial charge in [0.2, 0.25) is 11.5 Å². The van der Waals surface area contributed by atoms with Crippen LogP contribution in [0.1, 0.15) is 28.3 Å². The van der Waals surface area contributed by atoms with Crippen molar-refractivity contribution in [1.29, 1.82) is 0 Å². The lowest BCUT2D eigenvalue weighted by Crippen LogP contribution is -2.33. The third-order valence-electron chi connectivity index (χ3n) is 4.26. The number of rotatable bonds is 5. The van der Waals surface area contributed by atoms with E-state index in [-0.39, 0.29) is 41.2 Å². The number of aliphatic hydroxyl groups excluding tert-OH is 2. The molecule has 0 bridgehead atoms. The second kappa shape index (κ2) is 8.01. The molecule has 3 N–H and O–H groups in total. The number of ether oxygens (including phenoxy) is 1. The maximum atomic E-state index is 13.3. The van der Waals surface area contributed by atoms with Gasteiger partial charge in [-0.05, 0) is 36.2 Å². The van der Waals surface area contributed by atoms with Crippen LogP contribution in [0.3, 0.4) is 0 Å². The van der Waals surface area contributed by atoms with Gasteiger partial charge < -0.3 is 24.7 Å². The first-order valence-corrected chi connectivity index (χ1v) is 8.46. The molecule has 0 radical (unpaired) electrons. The van der Waals surface area contributed by atoms with Crippen LogP contribution in [-0.4, -0.2) is 41.5 Å². The van der Waals surface area contributed by atoms with E-state index in [4.69, 9.17) is 4.42 Å². The molecule has 0 fully saturated rings. The normalized spacial score (nSPS) is 14.9. The van der Waals surface area contributed by atoms with Crippen molar-refractivity contribution in [2.45, 2.75) is 6.42 Å². The lowest BCUT2D eigenvalue weighted by molar-refractivity contribution is -0.138. The second-order valence-corrected chi connectivity index (χ2v) is 6.05. The molecule has 0 saturated carbocycles. The molecular weight excluding hydrogens is 385 g/mol. The molecule has 29 heavy (non-hydrogen) atoms. The Morgan fingerprint density at radius 1 is 1.14 bits per heavy atom. The Labute approximate surface area is 163 Å². The lowest BCUT2D eigenvalue weighted by atomic mass is 10.0. The maximum Gasteiger partial charge on any atom is 0.373 e. The number of benzene rings is 1. The van der Waals surface area contributed by atoms with Crippen LogP contribution >= 0.6 is 0 Å². The number of esters is 1. The van der Waals surface area contributed by atoms with Crippen molar-refractivity contribution in [3.63, 3.8) is 0 Å². The van der Waals surface area contributed by atoms with Gasteiger partial charge in [0.05, 0.1) is 18.3 Å². The monoisotopic (exact) mass is 401 g/mol. The predicted octanol–water partition coefficient (Wildman–Crippen LogP) is 2.42. The zero-order chi connectivity index (χ0) is 21.1. The number of carbonyl (C=O) groups is 3. The van der Waals surface area contributed by atoms with Gasteiger partial charge in [-0.15, -0.1) is 0 Å². The quantitative estimate of drug-likeness (QED) is 0.304. The third-order valence-corrected chi connectivity index (χ3v) is 4.26. The molecule has 1 aliphatic rings. The summed E-state index contributed by atoms with van der Waals surface area (Å²) in [5, 5.41) is 22.5. The lowest BCUT2D eigenvalue weighted by Gasteiger charge is -2.14. The molecule has 1 aromatic heterocycles. The van der Waals surface area contributed by atoms with Gasteiger partial charge in [-0.25, -0.2) is 9.18 Å². The summed E-state index contributed by atoms with van der Waals surface area (Å²) in [4.78, 5) is 36.0. The first-order valence-electron chi connectivity index (χ1n) is 8.46. The number of furan rings is 1. The largest absolute Gasteiger partial charge is 0.503 e. The average Bonchev–Trinajstić information content (AvgIpc) is 3.20. The smallest absolute Gasteiger partial charge is 0.373 e. The van der Waals surface area contributed by atoms with E-state index in [1.54, 1.807) is 0 Å². The minimum atomic E-state index is -1.06. The number of carbonyl (C=O) groups excluding carboxylic acids is 3. The molecule has 9 heteroatoms. The molecule has 1 aromatic carbocycles. The number of aliphatic hydroxyl groups is 2. The van der Waals surface area contributed by atoms with E-state index in [1.807, 2.05) is 0 Å². The molecule has 1 amide bonds. The maximum absolute atomic E-state index is 13.3. The number of hydrogen-bond donors (Lipinski definition) is 3. The Morgan fingerprint density at radius 2 is 1.79 bits per heavy atom. The molecule has 3 rings (SSSR count). The van der Waals surface area contributed by atoms with Crippen LogP contribution in [0.15, 0.2) is 57.9 Å². The Morgan fingerprint density at radius 3 is 2.45 bits per heavy atom. The highest BCUT2D eigenvalue weighted by molar-refractivity contribution is 6.12. The van der Waals surface area contributed by atoms with Crippen molar-refractivity contribution in [3.8, 4) is 0 Å². The molecule has 0 aliphatic carbocycles. The summed E-state index contributed by atoms with van der Waals surface area (Å²) in [6.07, 6.45) is 0.112. The Balaban J connectivity index is 2.06. The van der Waals surface area contributed by atoms with Crippen molar-refractivity contribution in [3.05, 3.63) is 76.4 Å². The molecule has 8 nitrogen and oxygen atoms in total. The van der Waals surface area contributed by atoms with Crippen LogP contribution in [0.25, 0.3) is 5.57 Å². The van der Waals surface area contributed by atoms with E-state index < -0.39 is 35.0 Å². The van der Waals surface area contributed by atoms with Crippen molar-refractivity contribution in [2.24, 2.45) is 0 Å². The van der Waals surface area contributed by atoms with E-state index in [0.29, 0.717) is 0 Å². The fraction of sp³-hybridized carbons (Fsp3) is 0.150. The fourth-order valence-corrected chi connectivity index (χ4v) is 2.82. The Kier molecular flexibility index (Phi) is 5.49. The van der Waals surface area contributed by atoms with Crippen molar-refractivity contribution < 1.29 is 38.1 Å². The highest BCUT2D eigenvalue weighted by Gasteiger charge is 2.28. The average molecular weight is 401 g/mol. The van der Waals surface area contributed by atoms with Crippen LogP contribution < -0.4 is 5.32 Å². The molecular formula is C20H16FNO7. The minimum absolute atomic E-state index is 0.0665. The van der Waals surface area contributed by atoms with E-state index >= 15 is 0 Å². The van der Waals surface area contributed by atoms with Gasteiger partial charge in [0.25, 0.3) is 5.91 Å². The number of amides is 1. The van der Waals surface area contributed by atoms with Gasteiger partial charge in [0.15, 0.2) is 11.5 Å². The van der Waals surface area contributed by atoms with Crippen LogP contribution in [0.2, 0.25) is 0 Å². The van der Waals surface area contributed by atoms with Crippen molar-refractivity contribution >= 4 is 23.2 Å².